The molecule has 1 aromatic heterocycles. The van der Waals surface area contributed by atoms with E-state index in [9.17, 15) is 4.39 Å². The normalized spacial score (nSPS) is 12.8. The van der Waals surface area contributed by atoms with Gasteiger partial charge in [-0.1, -0.05) is 11.6 Å². The Kier molecular flexibility index (Phi) is 2.97. The van der Waals surface area contributed by atoms with Crippen LogP contribution in [0.15, 0.2) is 18.3 Å². The van der Waals surface area contributed by atoms with Crippen molar-refractivity contribution in [1.82, 2.24) is 4.98 Å². The molecular formula is C11H8ClFN2O2S. The zero-order valence-electron chi connectivity index (χ0n) is 9.07. The van der Waals surface area contributed by atoms with Crippen LogP contribution < -0.4 is 14.8 Å². The minimum atomic E-state index is -0.380. The molecule has 0 bridgehead atoms. The van der Waals surface area contributed by atoms with Gasteiger partial charge in [-0.05, 0) is 0 Å². The summed E-state index contributed by atoms with van der Waals surface area (Å²) in [6, 6.07) is 2.89. The minimum Gasteiger partial charge on any atom is -0.454 e. The van der Waals surface area contributed by atoms with E-state index in [-0.39, 0.29) is 12.6 Å². The maximum absolute atomic E-state index is 13.7. The van der Waals surface area contributed by atoms with Crippen LogP contribution in [0.2, 0.25) is 4.47 Å². The number of aromatic nitrogens is 1. The van der Waals surface area contributed by atoms with E-state index in [1.165, 1.54) is 17.4 Å². The second-order valence-electron chi connectivity index (χ2n) is 3.62. The number of hydrogen-bond donors (Lipinski definition) is 1. The van der Waals surface area contributed by atoms with Gasteiger partial charge in [-0.3, -0.25) is 0 Å². The summed E-state index contributed by atoms with van der Waals surface area (Å²) in [6.07, 6.45) is 1.66. The molecule has 4 nitrogen and oxygen atoms in total. The molecule has 94 valence electrons. The fraction of sp³-hybridized carbons (Fsp3) is 0.182. The highest BCUT2D eigenvalue weighted by molar-refractivity contribution is 7.15. The highest BCUT2D eigenvalue weighted by Gasteiger charge is 2.17. The number of benzene rings is 1. The SMILES string of the molecule is Fc1cc2c(cc1NCc1cnc(Cl)s1)OCO2. The molecule has 0 unspecified atom stereocenters. The molecule has 2 aromatic rings. The molecule has 1 N–H and O–H groups in total. The Bertz CT molecular complexity index is 590. The molecule has 3 rings (SSSR count). The van der Waals surface area contributed by atoms with Gasteiger partial charge >= 0.3 is 0 Å². The third kappa shape index (κ3) is 2.21. The molecule has 0 fully saturated rings. The highest BCUT2D eigenvalue weighted by Crippen LogP contribution is 2.36. The second-order valence-corrected chi connectivity index (χ2v) is 5.32. The van der Waals surface area contributed by atoms with Crippen molar-refractivity contribution in [2.24, 2.45) is 0 Å². The lowest BCUT2D eigenvalue weighted by Gasteiger charge is -2.07. The van der Waals surface area contributed by atoms with Crippen LogP contribution in [0.3, 0.4) is 0 Å². The van der Waals surface area contributed by atoms with E-state index in [0.717, 1.165) is 4.88 Å². The smallest absolute Gasteiger partial charge is 0.231 e. The molecule has 0 radical (unpaired) electrons. The van der Waals surface area contributed by atoms with Crippen molar-refractivity contribution in [3.63, 3.8) is 0 Å². The standard InChI is InChI=1S/C11H8ClFN2O2S/c12-11-15-4-6(18-11)3-14-8-2-10-9(1-7(8)13)16-5-17-10/h1-2,4,14H,3,5H2. The van der Waals surface area contributed by atoms with Gasteiger partial charge in [-0.25, -0.2) is 9.37 Å². The lowest BCUT2D eigenvalue weighted by atomic mass is 10.2. The van der Waals surface area contributed by atoms with Gasteiger partial charge in [-0.2, -0.15) is 0 Å². The molecule has 2 heterocycles. The summed E-state index contributed by atoms with van der Waals surface area (Å²) in [4.78, 5) is 4.84. The predicted octanol–water partition coefficient (Wildman–Crippen LogP) is 3.28. The topological polar surface area (TPSA) is 43.4 Å². The molecule has 1 aromatic carbocycles. The Hall–Kier alpha value is -1.53. The number of rotatable bonds is 3. The molecule has 18 heavy (non-hydrogen) atoms. The average molecular weight is 287 g/mol. The first-order valence-corrected chi connectivity index (χ1v) is 6.35. The number of ether oxygens (including phenoxy) is 2. The first-order chi connectivity index (χ1) is 8.72. The van der Waals surface area contributed by atoms with Gasteiger partial charge in [0, 0.05) is 23.2 Å². The van der Waals surface area contributed by atoms with Gasteiger partial charge < -0.3 is 14.8 Å². The van der Waals surface area contributed by atoms with Crippen molar-refractivity contribution in [3.8, 4) is 11.5 Å². The van der Waals surface area contributed by atoms with Crippen molar-refractivity contribution < 1.29 is 13.9 Å². The molecule has 0 spiro atoms. The molecule has 0 saturated carbocycles. The number of fused-ring (bicyclic) bond motifs is 1. The van der Waals surface area contributed by atoms with Crippen LogP contribution >= 0.6 is 22.9 Å². The van der Waals surface area contributed by atoms with Crippen molar-refractivity contribution in [2.75, 3.05) is 12.1 Å². The Morgan fingerprint density at radius 3 is 2.89 bits per heavy atom. The molecule has 1 aliphatic heterocycles. The van der Waals surface area contributed by atoms with Gasteiger partial charge in [0.2, 0.25) is 6.79 Å². The van der Waals surface area contributed by atoms with Crippen molar-refractivity contribution in [3.05, 3.63) is 33.5 Å². The van der Waals surface area contributed by atoms with E-state index in [2.05, 4.69) is 10.3 Å². The van der Waals surface area contributed by atoms with Crippen molar-refractivity contribution >= 4 is 28.6 Å². The number of hydrogen-bond acceptors (Lipinski definition) is 5. The molecular weight excluding hydrogens is 279 g/mol. The summed E-state index contributed by atoms with van der Waals surface area (Å²) in [7, 11) is 0. The lowest BCUT2D eigenvalue weighted by Crippen LogP contribution is -1.99. The summed E-state index contributed by atoms with van der Waals surface area (Å²) < 4.78 is 24.5. The highest BCUT2D eigenvalue weighted by atomic mass is 35.5. The van der Waals surface area contributed by atoms with Crippen LogP contribution in [0.25, 0.3) is 0 Å². The fourth-order valence-electron chi connectivity index (χ4n) is 1.60. The summed E-state index contributed by atoms with van der Waals surface area (Å²) >= 11 is 7.07. The average Bonchev–Trinajstić information content (AvgIpc) is 2.94. The Morgan fingerprint density at radius 1 is 1.39 bits per heavy atom. The molecule has 0 atom stereocenters. The Labute approximate surface area is 111 Å². The van der Waals surface area contributed by atoms with E-state index in [4.69, 9.17) is 21.1 Å². The van der Waals surface area contributed by atoms with Gasteiger partial charge in [0.05, 0.1) is 12.2 Å². The summed E-state index contributed by atoms with van der Waals surface area (Å²) in [5, 5.41) is 2.97. The molecule has 0 amide bonds. The van der Waals surface area contributed by atoms with E-state index in [0.29, 0.717) is 28.2 Å². The molecule has 0 saturated heterocycles. The van der Waals surface area contributed by atoms with Gasteiger partial charge in [-0.15, -0.1) is 11.3 Å². The van der Waals surface area contributed by atoms with Crippen molar-refractivity contribution in [1.29, 1.82) is 0 Å². The number of nitrogens with zero attached hydrogens (tertiary/aromatic N) is 1. The van der Waals surface area contributed by atoms with Crippen LogP contribution in [0, 0.1) is 5.82 Å². The van der Waals surface area contributed by atoms with Crippen LogP contribution in [-0.4, -0.2) is 11.8 Å². The van der Waals surface area contributed by atoms with E-state index in [1.807, 2.05) is 0 Å². The summed E-state index contributed by atoms with van der Waals surface area (Å²) in [6.45, 7) is 0.587. The van der Waals surface area contributed by atoms with Gasteiger partial charge in [0.15, 0.2) is 16.0 Å². The fourth-order valence-corrected chi connectivity index (χ4v) is 2.52. The zero-order valence-corrected chi connectivity index (χ0v) is 10.6. The molecule has 1 aliphatic rings. The maximum Gasteiger partial charge on any atom is 0.231 e. The predicted molar refractivity (Wildman–Crippen MR) is 67.0 cm³/mol. The first kappa shape index (κ1) is 11.6. The van der Waals surface area contributed by atoms with Crippen LogP contribution in [-0.2, 0) is 6.54 Å². The Morgan fingerprint density at radius 2 is 2.17 bits per heavy atom. The number of halogens is 2. The van der Waals surface area contributed by atoms with Gasteiger partial charge in [0.1, 0.15) is 5.82 Å². The third-order valence-electron chi connectivity index (χ3n) is 2.44. The summed E-state index contributed by atoms with van der Waals surface area (Å²) in [5.41, 5.74) is 0.365. The van der Waals surface area contributed by atoms with Crippen LogP contribution in [0.1, 0.15) is 4.88 Å². The van der Waals surface area contributed by atoms with Crippen LogP contribution in [0.5, 0.6) is 11.5 Å². The van der Waals surface area contributed by atoms with E-state index in [1.54, 1.807) is 12.3 Å². The van der Waals surface area contributed by atoms with E-state index >= 15 is 0 Å². The zero-order chi connectivity index (χ0) is 12.5. The number of thiazole rings is 1. The summed E-state index contributed by atoms with van der Waals surface area (Å²) in [5.74, 6) is 0.593. The number of nitrogens with one attached hydrogen (secondary N) is 1. The first-order valence-electron chi connectivity index (χ1n) is 5.15. The third-order valence-corrected chi connectivity index (χ3v) is 3.56. The van der Waals surface area contributed by atoms with Gasteiger partial charge in [0.25, 0.3) is 0 Å². The Balaban J connectivity index is 1.76. The number of anilines is 1. The molecule has 0 aliphatic carbocycles. The maximum atomic E-state index is 13.7. The largest absolute Gasteiger partial charge is 0.454 e. The quantitative estimate of drug-likeness (QED) is 0.940. The minimum absolute atomic E-state index is 0.128. The lowest BCUT2D eigenvalue weighted by molar-refractivity contribution is 0.174. The monoisotopic (exact) mass is 286 g/mol. The van der Waals surface area contributed by atoms with Crippen molar-refractivity contribution in [2.45, 2.75) is 6.54 Å². The molecule has 7 heteroatoms. The second kappa shape index (κ2) is 4.62. The van der Waals surface area contributed by atoms with Crippen LogP contribution in [0.4, 0.5) is 10.1 Å². The van der Waals surface area contributed by atoms with E-state index < -0.39 is 0 Å².